The molecule has 1 rings (SSSR count). The minimum absolute atomic E-state index is 0.0569. The molecule has 118 valence electrons. The molecular weight excluding hydrogens is 280 g/mol. The summed E-state index contributed by atoms with van der Waals surface area (Å²) in [5.74, 6) is 1.16. The highest BCUT2D eigenvalue weighted by molar-refractivity contribution is 6.00. The number of aryl methyl sites for hydroxylation is 1. The number of ether oxygens (including phenoxy) is 2. The summed E-state index contributed by atoms with van der Waals surface area (Å²) in [6.07, 6.45) is 5.51. The van der Waals surface area contributed by atoms with Crippen molar-refractivity contribution in [3.8, 4) is 12.3 Å². The first kappa shape index (κ1) is 17.8. The summed E-state index contributed by atoms with van der Waals surface area (Å²) in [4.78, 5) is 24.9. The van der Waals surface area contributed by atoms with Gasteiger partial charge in [0.2, 0.25) is 0 Å². The Bertz CT molecular complexity index is 551. The second-order valence-corrected chi connectivity index (χ2v) is 5.07. The van der Waals surface area contributed by atoms with Crippen LogP contribution in [-0.4, -0.2) is 25.2 Å². The molecule has 22 heavy (non-hydrogen) atoms. The van der Waals surface area contributed by atoms with Gasteiger partial charge >= 0.3 is 11.9 Å². The van der Waals surface area contributed by atoms with Crippen molar-refractivity contribution in [1.82, 2.24) is 0 Å². The van der Waals surface area contributed by atoms with Crippen molar-refractivity contribution in [2.45, 2.75) is 33.6 Å². The van der Waals surface area contributed by atoms with Crippen LogP contribution in [0.3, 0.4) is 0 Å². The summed E-state index contributed by atoms with van der Waals surface area (Å²) in [6.45, 7) is 5.69. The molecule has 0 N–H and O–H groups in total. The molecular formula is C18H22O4. The summed E-state index contributed by atoms with van der Waals surface area (Å²) in [6, 6.07) is 7.60. The molecule has 0 saturated carbocycles. The van der Waals surface area contributed by atoms with Crippen LogP contribution < -0.4 is 0 Å². The SMILES string of the molecule is C#CCC(Cc1cccc(C)c1)(C(=O)OCC)C(=O)OCC. The molecule has 0 aliphatic heterocycles. The van der Waals surface area contributed by atoms with Crippen LogP contribution in [0.25, 0.3) is 0 Å². The van der Waals surface area contributed by atoms with Crippen LogP contribution in [0.15, 0.2) is 24.3 Å². The van der Waals surface area contributed by atoms with E-state index in [1.165, 1.54) is 0 Å². The van der Waals surface area contributed by atoms with E-state index < -0.39 is 17.4 Å². The van der Waals surface area contributed by atoms with Gasteiger partial charge < -0.3 is 9.47 Å². The van der Waals surface area contributed by atoms with Crippen LogP contribution in [0.1, 0.15) is 31.4 Å². The van der Waals surface area contributed by atoms with Crippen molar-refractivity contribution in [3.63, 3.8) is 0 Å². The summed E-state index contributed by atoms with van der Waals surface area (Å²) in [7, 11) is 0. The van der Waals surface area contributed by atoms with Crippen LogP contribution in [0.2, 0.25) is 0 Å². The highest BCUT2D eigenvalue weighted by atomic mass is 16.6. The van der Waals surface area contributed by atoms with Gasteiger partial charge in [-0.2, -0.15) is 0 Å². The maximum Gasteiger partial charge on any atom is 0.324 e. The van der Waals surface area contributed by atoms with E-state index >= 15 is 0 Å². The van der Waals surface area contributed by atoms with E-state index in [2.05, 4.69) is 5.92 Å². The van der Waals surface area contributed by atoms with E-state index in [4.69, 9.17) is 15.9 Å². The Morgan fingerprint density at radius 2 is 1.77 bits per heavy atom. The summed E-state index contributed by atoms with van der Waals surface area (Å²) in [5.41, 5.74) is 0.394. The molecule has 0 unspecified atom stereocenters. The number of esters is 2. The number of terminal acetylenes is 1. The van der Waals surface area contributed by atoms with Gasteiger partial charge in [-0.25, -0.2) is 0 Å². The maximum absolute atomic E-state index is 12.4. The molecule has 0 heterocycles. The molecule has 0 aromatic heterocycles. The Morgan fingerprint density at radius 3 is 2.23 bits per heavy atom. The highest BCUT2D eigenvalue weighted by Crippen LogP contribution is 2.31. The zero-order valence-corrected chi connectivity index (χ0v) is 13.3. The van der Waals surface area contributed by atoms with Gasteiger partial charge in [0.1, 0.15) is 0 Å². The maximum atomic E-state index is 12.4. The molecule has 0 atom stereocenters. The van der Waals surface area contributed by atoms with Crippen molar-refractivity contribution in [2.24, 2.45) is 5.41 Å². The predicted molar refractivity (Wildman–Crippen MR) is 84.0 cm³/mol. The average Bonchev–Trinajstić information content (AvgIpc) is 2.47. The van der Waals surface area contributed by atoms with Crippen LogP contribution in [-0.2, 0) is 25.5 Å². The largest absolute Gasteiger partial charge is 0.465 e. The Balaban J connectivity index is 3.25. The molecule has 1 aromatic rings. The van der Waals surface area contributed by atoms with Crippen molar-refractivity contribution >= 4 is 11.9 Å². The van der Waals surface area contributed by atoms with Crippen LogP contribution in [0, 0.1) is 24.7 Å². The van der Waals surface area contributed by atoms with Crippen LogP contribution in [0.5, 0.6) is 0 Å². The van der Waals surface area contributed by atoms with Crippen molar-refractivity contribution in [2.75, 3.05) is 13.2 Å². The first-order valence-electron chi connectivity index (χ1n) is 7.33. The van der Waals surface area contributed by atoms with Gasteiger partial charge in [0, 0.05) is 12.8 Å². The number of hydrogen-bond donors (Lipinski definition) is 0. The Kier molecular flexibility index (Phi) is 6.65. The predicted octanol–water partition coefficient (Wildman–Crippen LogP) is 2.67. The average molecular weight is 302 g/mol. The van der Waals surface area contributed by atoms with E-state index in [9.17, 15) is 9.59 Å². The van der Waals surface area contributed by atoms with Crippen LogP contribution >= 0.6 is 0 Å². The molecule has 0 amide bonds. The topological polar surface area (TPSA) is 52.6 Å². The number of hydrogen-bond acceptors (Lipinski definition) is 4. The third-order valence-electron chi connectivity index (χ3n) is 3.32. The molecule has 0 spiro atoms. The number of carbonyl (C=O) groups is 2. The lowest BCUT2D eigenvalue weighted by atomic mass is 9.78. The zero-order valence-electron chi connectivity index (χ0n) is 13.3. The molecule has 0 fully saturated rings. The lowest BCUT2D eigenvalue weighted by molar-refractivity contribution is -0.171. The lowest BCUT2D eigenvalue weighted by Gasteiger charge is -2.27. The second-order valence-electron chi connectivity index (χ2n) is 5.07. The molecule has 0 radical (unpaired) electrons. The summed E-state index contributed by atoms with van der Waals surface area (Å²) in [5, 5.41) is 0. The van der Waals surface area contributed by atoms with Gasteiger partial charge in [-0.15, -0.1) is 12.3 Å². The van der Waals surface area contributed by atoms with E-state index in [1.807, 2.05) is 31.2 Å². The molecule has 0 aliphatic rings. The number of benzene rings is 1. The van der Waals surface area contributed by atoms with Gasteiger partial charge in [0.25, 0.3) is 0 Å². The van der Waals surface area contributed by atoms with Gasteiger partial charge in [-0.1, -0.05) is 29.8 Å². The van der Waals surface area contributed by atoms with E-state index in [-0.39, 0.29) is 26.1 Å². The fourth-order valence-corrected chi connectivity index (χ4v) is 2.32. The van der Waals surface area contributed by atoms with Crippen molar-refractivity contribution < 1.29 is 19.1 Å². The van der Waals surface area contributed by atoms with E-state index in [0.717, 1.165) is 11.1 Å². The molecule has 4 nitrogen and oxygen atoms in total. The van der Waals surface area contributed by atoms with E-state index in [1.54, 1.807) is 13.8 Å². The number of carbonyl (C=O) groups excluding carboxylic acids is 2. The van der Waals surface area contributed by atoms with Gasteiger partial charge in [-0.3, -0.25) is 9.59 Å². The standard InChI is InChI=1S/C18H22O4/c1-5-11-18(16(19)21-6-2,17(20)22-7-3)13-15-10-8-9-14(4)12-15/h1,8-10,12H,6-7,11,13H2,2-4H3. The second kappa shape index (κ2) is 8.23. The third-order valence-corrected chi connectivity index (χ3v) is 3.32. The summed E-state index contributed by atoms with van der Waals surface area (Å²) < 4.78 is 10.2. The fourth-order valence-electron chi connectivity index (χ4n) is 2.32. The monoisotopic (exact) mass is 302 g/mol. The zero-order chi connectivity index (χ0) is 16.6. The van der Waals surface area contributed by atoms with Crippen molar-refractivity contribution in [3.05, 3.63) is 35.4 Å². The quantitative estimate of drug-likeness (QED) is 0.441. The molecule has 0 bridgehead atoms. The van der Waals surface area contributed by atoms with Gasteiger partial charge in [-0.05, 0) is 26.3 Å². The van der Waals surface area contributed by atoms with Crippen LogP contribution in [0.4, 0.5) is 0 Å². The highest BCUT2D eigenvalue weighted by Gasteiger charge is 2.48. The summed E-state index contributed by atoms with van der Waals surface area (Å²) >= 11 is 0. The smallest absolute Gasteiger partial charge is 0.324 e. The Hall–Kier alpha value is -2.28. The minimum Gasteiger partial charge on any atom is -0.465 e. The lowest BCUT2D eigenvalue weighted by Crippen LogP contribution is -2.43. The molecule has 4 heteroatoms. The number of rotatable bonds is 7. The Morgan fingerprint density at radius 1 is 1.18 bits per heavy atom. The fraction of sp³-hybridized carbons (Fsp3) is 0.444. The molecule has 0 aliphatic carbocycles. The molecule has 1 aromatic carbocycles. The minimum atomic E-state index is -1.49. The third kappa shape index (κ3) is 4.11. The van der Waals surface area contributed by atoms with Gasteiger partial charge in [0.05, 0.1) is 13.2 Å². The normalized spacial score (nSPS) is 10.6. The first-order valence-corrected chi connectivity index (χ1v) is 7.33. The van der Waals surface area contributed by atoms with E-state index in [0.29, 0.717) is 0 Å². The Labute approximate surface area is 131 Å². The molecule has 0 saturated heterocycles. The first-order chi connectivity index (χ1) is 10.5. The van der Waals surface area contributed by atoms with Gasteiger partial charge in [0.15, 0.2) is 5.41 Å². The van der Waals surface area contributed by atoms with Crippen molar-refractivity contribution in [1.29, 1.82) is 0 Å².